The largest absolute Gasteiger partial charge is 0.497 e. The minimum Gasteiger partial charge on any atom is -0.497 e. The van der Waals surface area contributed by atoms with Gasteiger partial charge in [-0.2, -0.15) is 13.2 Å². The van der Waals surface area contributed by atoms with E-state index < -0.39 is 46.0 Å². The van der Waals surface area contributed by atoms with E-state index in [0.717, 1.165) is 12.1 Å². The molecule has 29 heavy (non-hydrogen) atoms. The highest BCUT2D eigenvalue weighted by Crippen LogP contribution is 2.37. The third-order valence-corrected chi connectivity index (χ3v) is 3.76. The highest BCUT2D eigenvalue weighted by molar-refractivity contribution is 5.98. The normalized spacial score (nSPS) is 12.0. The summed E-state index contributed by atoms with van der Waals surface area (Å²) in [5.41, 5.74) is -2.76. The van der Waals surface area contributed by atoms with Gasteiger partial charge in [0.1, 0.15) is 5.75 Å². The highest BCUT2D eigenvalue weighted by atomic mass is 19.4. The Labute approximate surface area is 162 Å². The molecule has 0 aliphatic rings. The molecule has 2 aromatic carbocycles. The fourth-order valence-electron chi connectivity index (χ4n) is 2.23. The standard InChI is InChI=1S/C18H15F3N2O6/c1-10(29-17(25)11-3-6-13(28-2)7-4-11)16(24)22-15-8-5-12(23(26)27)9-14(15)18(19,20)21/h3-10H,1-2H3,(H,22,24)/t10-/m0/s1. The topological polar surface area (TPSA) is 108 Å². The van der Waals surface area contributed by atoms with Crippen molar-refractivity contribution in [3.05, 3.63) is 63.7 Å². The Balaban J connectivity index is 2.14. The number of esters is 1. The summed E-state index contributed by atoms with van der Waals surface area (Å²) in [7, 11) is 1.44. The Morgan fingerprint density at radius 2 is 1.76 bits per heavy atom. The number of benzene rings is 2. The van der Waals surface area contributed by atoms with Crippen molar-refractivity contribution in [3.8, 4) is 5.75 Å². The maximum atomic E-state index is 13.2. The summed E-state index contributed by atoms with van der Waals surface area (Å²) >= 11 is 0. The van der Waals surface area contributed by atoms with Gasteiger partial charge in [-0.1, -0.05) is 0 Å². The second-order valence-electron chi connectivity index (χ2n) is 5.75. The molecule has 154 valence electrons. The number of hydrogen-bond acceptors (Lipinski definition) is 6. The van der Waals surface area contributed by atoms with Crippen LogP contribution in [0.15, 0.2) is 42.5 Å². The molecule has 1 amide bonds. The number of carbonyl (C=O) groups excluding carboxylic acids is 2. The summed E-state index contributed by atoms with van der Waals surface area (Å²) in [5.74, 6) is -1.41. The molecule has 0 aliphatic carbocycles. The van der Waals surface area contributed by atoms with Crippen molar-refractivity contribution in [1.82, 2.24) is 0 Å². The third-order valence-electron chi connectivity index (χ3n) is 3.76. The van der Waals surface area contributed by atoms with Crippen LogP contribution in [-0.2, 0) is 15.7 Å². The van der Waals surface area contributed by atoms with Gasteiger partial charge in [0, 0.05) is 12.1 Å². The highest BCUT2D eigenvalue weighted by Gasteiger charge is 2.36. The van der Waals surface area contributed by atoms with Crippen LogP contribution < -0.4 is 10.1 Å². The van der Waals surface area contributed by atoms with Crippen molar-refractivity contribution in [2.24, 2.45) is 0 Å². The monoisotopic (exact) mass is 412 g/mol. The van der Waals surface area contributed by atoms with Crippen LogP contribution in [0, 0.1) is 10.1 Å². The summed E-state index contributed by atoms with van der Waals surface area (Å²) < 4.78 is 49.4. The molecule has 0 heterocycles. The molecule has 1 N–H and O–H groups in total. The minimum absolute atomic E-state index is 0.108. The summed E-state index contributed by atoms with van der Waals surface area (Å²) in [6, 6.07) is 7.66. The number of rotatable bonds is 6. The zero-order valence-corrected chi connectivity index (χ0v) is 15.1. The number of alkyl halides is 3. The van der Waals surface area contributed by atoms with E-state index in [1.54, 1.807) is 0 Å². The Morgan fingerprint density at radius 1 is 1.14 bits per heavy atom. The smallest absolute Gasteiger partial charge is 0.418 e. The summed E-state index contributed by atoms with van der Waals surface area (Å²) in [5, 5.41) is 12.7. The number of carbonyl (C=O) groups is 2. The van der Waals surface area contributed by atoms with Crippen LogP contribution in [0.3, 0.4) is 0 Å². The Kier molecular flexibility index (Phi) is 6.42. The van der Waals surface area contributed by atoms with Crippen molar-refractivity contribution < 1.29 is 37.2 Å². The zero-order chi connectivity index (χ0) is 21.8. The molecule has 2 rings (SSSR count). The first-order valence-corrected chi connectivity index (χ1v) is 8.04. The number of nitrogens with one attached hydrogen (secondary N) is 1. The number of halogens is 3. The predicted molar refractivity (Wildman–Crippen MR) is 94.6 cm³/mol. The van der Waals surface area contributed by atoms with Crippen LogP contribution >= 0.6 is 0 Å². The van der Waals surface area contributed by atoms with Gasteiger partial charge in [-0.15, -0.1) is 0 Å². The molecule has 0 bridgehead atoms. The van der Waals surface area contributed by atoms with Crippen molar-refractivity contribution in [3.63, 3.8) is 0 Å². The molecule has 0 aliphatic heterocycles. The fraction of sp³-hybridized carbons (Fsp3) is 0.222. The van der Waals surface area contributed by atoms with Gasteiger partial charge >= 0.3 is 12.1 Å². The van der Waals surface area contributed by atoms with Crippen LogP contribution in [0.2, 0.25) is 0 Å². The first kappa shape index (κ1) is 21.7. The molecule has 0 unspecified atom stereocenters. The number of amides is 1. The number of nitro benzene ring substituents is 1. The number of non-ortho nitro benzene ring substituents is 1. The van der Waals surface area contributed by atoms with Crippen molar-refractivity contribution in [2.75, 3.05) is 12.4 Å². The number of nitro groups is 1. The fourth-order valence-corrected chi connectivity index (χ4v) is 2.23. The van der Waals surface area contributed by atoms with E-state index in [1.807, 2.05) is 5.32 Å². The van der Waals surface area contributed by atoms with E-state index in [0.29, 0.717) is 11.8 Å². The lowest BCUT2D eigenvalue weighted by Crippen LogP contribution is -2.30. The molecule has 0 fully saturated rings. The van der Waals surface area contributed by atoms with Crippen LogP contribution in [0.25, 0.3) is 0 Å². The van der Waals surface area contributed by atoms with E-state index >= 15 is 0 Å². The SMILES string of the molecule is COc1ccc(C(=O)O[C@@H](C)C(=O)Nc2ccc([N+](=O)[O-])cc2C(F)(F)F)cc1. The molecule has 0 saturated heterocycles. The number of methoxy groups -OCH3 is 1. The van der Waals surface area contributed by atoms with Gasteiger partial charge in [0.15, 0.2) is 6.10 Å². The van der Waals surface area contributed by atoms with Gasteiger partial charge < -0.3 is 14.8 Å². The lowest BCUT2D eigenvalue weighted by atomic mass is 10.1. The van der Waals surface area contributed by atoms with Gasteiger partial charge in [0.05, 0.1) is 28.8 Å². The van der Waals surface area contributed by atoms with Crippen LogP contribution in [-0.4, -0.2) is 30.0 Å². The molecule has 11 heteroatoms. The average molecular weight is 412 g/mol. The summed E-state index contributed by atoms with van der Waals surface area (Å²) in [6.07, 6.45) is -6.38. The van der Waals surface area contributed by atoms with Crippen LogP contribution in [0.5, 0.6) is 5.75 Å². The van der Waals surface area contributed by atoms with Crippen molar-refractivity contribution in [1.29, 1.82) is 0 Å². The Bertz CT molecular complexity index is 928. The quantitative estimate of drug-likeness (QED) is 0.439. The second-order valence-corrected chi connectivity index (χ2v) is 5.75. The zero-order valence-electron chi connectivity index (χ0n) is 15.1. The van der Waals surface area contributed by atoms with Gasteiger partial charge in [0.25, 0.3) is 11.6 Å². The molecule has 0 radical (unpaired) electrons. The first-order chi connectivity index (χ1) is 13.5. The molecule has 1 atom stereocenters. The number of hydrogen-bond donors (Lipinski definition) is 1. The van der Waals surface area contributed by atoms with E-state index in [9.17, 15) is 32.9 Å². The molecular formula is C18H15F3N2O6. The maximum Gasteiger partial charge on any atom is 0.418 e. The van der Waals surface area contributed by atoms with Gasteiger partial charge in [-0.25, -0.2) is 4.79 Å². The Morgan fingerprint density at radius 3 is 2.28 bits per heavy atom. The van der Waals surface area contributed by atoms with Gasteiger partial charge in [-0.05, 0) is 37.3 Å². The van der Waals surface area contributed by atoms with Crippen molar-refractivity contribution >= 4 is 23.3 Å². The summed E-state index contributed by atoms with van der Waals surface area (Å²) in [4.78, 5) is 33.9. The predicted octanol–water partition coefficient (Wildman–Crippen LogP) is 3.81. The van der Waals surface area contributed by atoms with E-state index in [-0.39, 0.29) is 5.56 Å². The average Bonchev–Trinajstić information content (AvgIpc) is 2.67. The second kappa shape index (κ2) is 8.59. The number of anilines is 1. The number of nitrogens with zero attached hydrogens (tertiary/aromatic N) is 1. The maximum absolute atomic E-state index is 13.2. The molecular weight excluding hydrogens is 397 g/mol. The summed E-state index contributed by atoms with van der Waals surface area (Å²) in [6.45, 7) is 1.18. The lowest BCUT2D eigenvalue weighted by Gasteiger charge is -2.17. The Hall–Kier alpha value is -3.63. The molecule has 2 aromatic rings. The van der Waals surface area contributed by atoms with Crippen molar-refractivity contribution in [2.45, 2.75) is 19.2 Å². The number of ether oxygens (including phenoxy) is 2. The molecule has 0 aromatic heterocycles. The molecule has 0 spiro atoms. The first-order valence-electron chi connectivity index (χ1n) is 8.04. The van der Waals surface area contributed by atoms with Gasteiger partial charge in [0.2, 0.25) is 0 Å². The van der Waals surface area contributed by atoms with Crippen LogP contribution in [0.4, 0.5) is 24.5 Å². The molecule has 0 saturated carbocycles. The lowest BCUT2D eigenvalue weighted by molar-refractivity contribution is -0.385. The third kappa shape index (κ3) is 5.43. The van der Waals surface area contributed by atoms with Crippen LogP contribution in [0.1, 0.15) is 22.8 Å². The van der Waals surface area contributed by atoms with E-state index in [1.165, 1.54) is 38.3 Å². The minimum atomic E-state index is -4.95. The van der Waals surface area contributed by atoms with E-state index in [2.05, 4.69) is 0 Å². The van der Waals surface area contributed by atoms with E-state index in [4.69, 9.17) is 9.47 Å². The molecule has 8 nitrogen and oxygen atoms in total. The van der Waals surface area contributed by atoms with Gasteiger partial charge in [-0.3, -0.25) is 14.9 Å².